The van der Waals surface area contributed by atoms with Gasteiger partial charge in [-0.15, -0.1) is 0 Å². The third-order valence-electron chi connectivity index (χ3n) is 6.55. The molecule has 5 rings (SSSR count). The molecule has 2 aliphatic heterocycles. The van der Waals surface area contributed by atoms with Gasteiger partial charge in [-0.25, -0.2) is 0 Å². The number of ether oxygens (including phenoxy) is 2. The highest BCUT2D eigenvalue weighted by atomic mass is 35.5. The van der Waals surface area contributed by atoms with Gasteiger partial charge < -0.3 is 18.8 Å². The summed E-state index contributed by atoms with van der Waals surface area (Å²) in [5.41, 5.74) is 2.08. The second-order valence-electron chi connectivity index (χ2n) is 9.37. The maximum Gasteiger partial charge on any atom is 0.290 e. The lowest BCUT2D eigenvalue weighted by Crippen LogP contribution is -2.42. The molecular weight excluding hydrogens is 468 g/mol. The van der Waals surface area contributed by atoms with Crippen LogP contribution in [0.2, 0.25) is 5.02 Å². The van der Waals surface area contributed by atoms with E-state index in [2.05, 4.69) is 4.90 Å². The Bertz CT molecular complexity index is 1330. The van der Waals surface area contributed by atoms with Crippen molar-refractivity contribution in [1.82, 2.24) is 9.80 Å². The SMILES string of the molecule is Cc1cc2oc3c(c(=O)c2cc1Cl)C(c1cccc(OC(C)C)c1)N(CCN1CCOCC1)C3=O. The third kappa shape index (κ3) is 4.56. The standard InChI is InChI=1S/C27H29ClN2O5/c1-16(2)34-19-6-4-5-18(14-19)24-23-25(31)20-15-21(28)17(3)13-22(20)35-26(23)27(32)30(24)8-7-29-9-11-33-12-10-29/h4-6,13-16,24H,7-12H2,1-3H3. The zero-order valence-corrected chi connectivity index (χ0v) is 20.9. The van der Waals surface area contributed by atoms with Crippen LogP contribution < -0.4 is 10.2 Å². The van der Waals surface area contributed by atoms with Crippen molar-refractivity contribution in [3.63, 3.8) is 0 Å². The first-order valence-corrected chi connectivity index (χ1v) is 12.4. The Morgan fingerprint density at radius 3 is 2.63 bits per heavy atom. The van der Waals surface area contributed by atoms with E-state index in [1.807, 2.05) is 45.0 Å². The van der Waals surface area contributed by atoms with Gasteiger partial charge in [-0.1, -0.05) is 23.7 Å². The molecular formula is C27H29ClN2O5. The Hall–Kier alpha value is -2.87. The van der Waals surface area contributed by atoms with Gasteiger partial charge in [-0.05, 0) is 56.2 Å². The van der Waals surface area contributed by atoms with E-state index in [1.54, 1.807) is 17.0 Å². The van der Waals surface area contributed by atoms with E-state index in [0.29, 0.717) is 53.6 Å². The minimum Gasteiger partial charge on any atom is -0.491 e. The molecule has 1 atom stereocenters. The average Bonchev–Trinajstić information content (AvgIpc) is 3.11. The van der Waals surface area contributed by atoms with E-state index in [9.17, 15) is 9.59 Å². The van der Waals surface area contributed by atoms with Crippen molar-refractivity contribution < 1.29 is 18.7 Å². The van der Waals surface area contributed by atoms with Crippen LogP contribution in [0.4, 0.5) is 0 Å². The zero-order valence-electron chi connectivity index (χ0n) is 20.2. The van der Waals surface area contributed by atoms with Crippen LogP contribution in [0, 0.1) is 6.92 Å². The molecule has 0 radical (unpaired) electrons. The van der Waals surface area contributed by atoms with Gasteiger partial charge in [0.15, 0.2) is 5.43 Å². The Morgan fingerprint density at radius 1 is 1.11 bits per heavy atom. The maximum absolute atomic E-state index is 13.8. The summed E-state index contributed by atoms with van der Waals surface area (Å²) in [7, 11) is 0. The number of fused-ring (bicyclic) bond motifs is 2. The van der Waals surface area contributed by atoms with Crippen molar-refractivity contribution in [2.24, 2.45) is 0 Å². The molecule has 0 aliphatic carbocycles. The predicted molar refractivity (Wildman–Crippen MR) is 135 cm³/mol. The normalized spacial score (nSPS) is 18.5. The van der Waals surface area contributed by atoms with Crippen LogP contribution in [0.25, 0.3) is 11.0 Å². The van der Waals surface area contributed by atoms with Crippen molar-refractivity contribution in [2.75, 3.05) is 39.4 Å². The van der Waals surface area contributed by atoms with Crippen LogP contribution in [0.5, 0.6) is 5.75 Å². The van der Waals surface area contributed by atoms with E-state index in [-0.39, 0.29) is 23.2 Å². The number of carbonyl (C=O) groups excluding carboxylic acids is 1. The minimum atomic E-state index is -0.574. The number of nitrogens with zero attached hydrogens (tertiary/aromatic N) is 2. The van der Waals surface area contributed by atoms with Crippen molar-refractivity contribution in [1.29, 1.82) is 0 Å². The Morgan fingerprint density at radius 2 is 1.89 bits per heavy atom. The molecule has 1 saturated heterocycles. The van der Waals surface area contributed by atoms with E-state index in [1.165, 1.54) is 0 Å². The number of benzene rings is 2. The van der Waals surface area contributed by atoms with E-state index >= 15 is 0 Å². The molecule has 1 fully saturated rings. The summed E-state index contributed by atoms with van der Waals surface area (Å²) < 4.78 is 17.4. The molecule has 2 aromatic carbocycles. The van der Waals surface area contributed by atoms with Crippen LogP contribution in [-0.2, 0) is 4.74 Å². The molecule has 1 aromatic heterocycles. The molecule has 0 saturated carbocycles. The summed E-state index contributed by atoms with van der Waals surface area (Å²) >= 11 is 6.34. The van der Waals surface area contributed by atoms with Crippen LogP contribution in [0.1, 0.15) is 47.1 Å². The van der Waals surface area contributed by atoms with E-state index in [4.69, 9.17) is 25.5 Å². The summed E-state index contributed by atoms with van der Waals surface area (Å²) in [5.74, 6) is 0.516. The quantitative estimate of drug-likeness (QED) is 0.503. The molecule has 2 aliphatic rings. The number of hydrogen-bond donors (Lipinski definition) is 0. The van der Waals surface area contributed by atoms with E-state index < -0.39 is 6.04 Å². The Kier molecular flexibility index (Phi) is 6.57. The van der Waals surface area contributed by atoms with Crippen LogP contribution >= 0.6 is 11.6 Å². The van der Waals surface area contributed by atoms with Gasteiger partial charge in [-0.2, -0.15) is 0 Å². The topological polar surface area (TPSA) is 72.2 Å². The zero-order chi connectivity index (χ0) is 24.7. The third-order valence-corrected chi connectivity index (χ3v) is 6.96. The summed E-state index contributed by atoms with van der Waals surface area (Å²) in [6, 6.07) is 10.4. The van der Waals surface area contributed by atoms with Crippen molar-refractivity contribution in [3.8, 4) is 5.75 Å². The lowest BCUT2D eigenvalue weighted by atomic mass is 9.98. The lowest BCUT2D eigenvalue weighted by Gasteiger charge is -2.31. The first-order valence-electron chi connectivity index (χ1n) is 12.0. The fourth-order valence-electron chi connectivity index (χ4n) is 4.82. The fraction of sp³-hybridized carbons (Fsp3) is 0.407. The van der Waals surface area contributed by atoms with E-state index in [0.717, 1.165) is 24.2 Å². The number of aryl methyl sites for hydroxylation is 1. The molecule has 8 heteroatoms. The largest absolute Gasteiger partial charge is 0.491 e. The Balaban J connectivity index is 1.62. The number of carbonyl (C=O) groups is 1. The summed E-state index contributed by atoms with van der Waals surface area (Å²) in [6.45, 7) is 9.89. The molecule has 1 unspecified atom stereocenters. The molecule has 0 spiro atoms. The molecule has 3 heterocycles. The number of morpholine rings is 1. The molecule has 1 amide bonds. The molecule has 3 aromatic rings. The lowest BCUT2D eigenvalue weighted by molar-refractivity contribution is 0.0314. The smallest absolute Gasteiger partial charge is 0.290 e. The average molecular weight is 497 g/mol. The van der Waals surface area contributed by atoms with Crippen molar-refractivity contribution >= 4 is 28.5 Å². The predicted octanol–water partition coefficient (Wildman–Crippen LogP) is 4.42. The minimum absolute atomic E-state index is 0.000403. The van der Waals surface area contributed by atoms with Crippen molar-refractivity contribution in [3.05, 3.63) is 74.1 Å². The van der Waals surface area contributed by atoms with Gasteiger partial charge in [0.1, 0.15) is 11.3 Å². The van der Waals surface area contributed by atoms with Crippen LogP contribution in [0.15, 0.2) is 45.6 Å². The highest BCUT2D eigenvalue weighted by Crippen LogP contribution is 2.39. The summed E-state index contributed by atoms with van der Waals surface area (Å²) in [4.78, 5) is 31.4. The second-order valence-corrected chi connectivity index (χ2v) is 9.77. The number of hydrogen-bond acceptors (Lipinski definition) is 6. The first-order chi connectivity index (χ1) is 16.8. The Labute approximate surface area is 209 Å². The number of halogens is 1. The molecule has 0 N–H and O–H groups in total. The van der Waals surface area contributed by atoms with Crippen molar-refractivity contribution in [2.45, 2.75) is 32.9 Å². The summed E-state index contributed by atoms with van der Waals surface area (Å²) in [5, 5.41) is 0.865. The van der Waals surface area contributed by atoms with Gasteiger partial charge in [0, 0.05) is 31.2 Å². The fourth-order valence-corrected chi connectivity index (χ4v) is 4.99. The van der Waals surface area contributed by atoms with Gasteiger partial charge in [0.05, 0.1) is 36.3 Å². The van der Waals surface area contributed by atoms with Crippen LogP contribution in [-0.4, -0.2) is 61.2 Å². The summed E-state index contributed by atoms with van der Waals surface area (Å²) in [6.07, 6.45) is -0.000403. The van der Waals surface area contributed by atoms with Gasteiger partial charge >= 0.3 is 0 Å². The van der Waals surface area contributed by atoms with Crippen LogP contribution in [0.3, 0.4) is 0 Å². The molecule has 35 heavy (non-hydrogen) atoms. The number of amides is 1. The first kappa shape index (κ1) is 23.9. The molecule has 184 valence electrons. The molecule has 0 bridgehead atoms. The highest BCUT2D eigenvalue weighted by molar-refractivity contribution is 6.32. The molecule has 7 nitrogen and oxygen atoms in total. The second kappa shape index (κ2) is 9.64. The monoisotopic (exact) mass is 496 g/mol. The number of rotatable bonds is 6. The van der Waals surface area contributed by atoms with Gasteiger partial charge in [0.25, 0.3) is 5.91 Å². The van der Waals surface area contributed by atoms with Gasteiger partial charge in [-0.3, -0.25) is 14.5 Å². The highest BCUT2D eigenvalue weighted by Gasteiger charge is 2.43. The van der Waals surface area contributed by atoms with Gasteiger partial charge in [0.2, 0.25) is 5.76 Å². The maximum atomic E-state index is 13.8.